The zero-order valence-electron chi connectivity index (χ0n) is 16.0. The minimum atomic E-state index is -1.04. The summed E-state index contributed by atoms with van der Waals surface area (Å²) in [6.07, 6.45) is 0. The molecule has 4 rings (SSSR count). The number of imidazole rings is 1. The number of carboxylic acid groups (broad SMARTS) is 1. The number of H-pyrrole nitrogens is 1. The van der Waals surface area contributed by atoms with E-state index in [0.717, 1.165) is 0 Å². The zero-order valence-corrected chi connectivity index (χ0v) is 16.7. The maximum atomic E-state index is 14.5. The van der Waals surface area contributed by atoms with Crippen molar-refractivity contribution in [2.45, 2.75) is 6.92 Å². The van der Waals surface area contributed by atoms with Gasteiger partial charge in [0.05, 0.1) is 28.7 Å². The first-order valence-corrected chi connectivity index (χ1v) is 9.28. The number of fused-ring (bicyclic) bond motifs is 1. The highest BCUT2D eigenvalue weighted by molar-refractivity contribution is 6.34. The topological polar surface area (TPSA) is 84.4 Å². The Morgan fingerprint density at radius 1 is 1.10 bits per heavy atom. The average molecular weight is 427 g/mol. The summed E-state index contributed by atoms with van der Waals surface area (Å²) in [6, 6.07) is 12.7. The molecule has 0 aliphatic rings. The molecule has 8 heteroatoms. The Hall–Kier alpha value is -3.58. The van der Waals surface area contributed by atoms with Crippen molar-refractivity contribution in [3.8, 4) is 28.6 Å². The summed E-state index contributed by atoms with van der Waals surface area (Å²) < 4.78 is 25.2. The number of aromatic nitrogens is 2. The number of methoxy groups -OCH3 is 1. The van der Waals surface area contributed by atoms with Gasteiger partial charge in [-0.15, -0.1) is 0 Å². The van der Waals surface area contributed by atoms with Crippen molar-refractivity contribution < 1.29 is 23.8 Å². The first-order chi connectivity index (χ1) is 14.4. The van der Waals surface area contributed by atoms with Crippen LogP contribution in [0.3, 0.4) is 0 Å². The number of nitrogens with one attached hydrogen (secondary N) is 1. The highest BCUT2D eigenvalue weighted by Gasteiger charge is 2.15. The second kappa shape index (κ2) is 7.68. The van der Waals surface area contributed by atoms with Gasteiger partial charge in [0.25, 0.3) is 6.01 Å². The SMILES string of the molecule is COc1ccc(-c2cc3nc(Oc4ccc(C)c(C(=O)O)c4)[nH]c3cc2Cl)c(F)c1. The molecule has 30 heavy (non-hydrogen) atoms. The molecule has 0 saturated carbocycles. The molecule has 0 aliphatic carbocycles. The fourth-order valence-electron chi connectivity index (χ4n) is 3.11. The number of carboxylic acids is 1. The van der Waals surface area contributed by atoms with Crippen molar-refractivity contribution in [2.75, 3.05) is 7.11 Å². The van der Waals surface area contributed by atoms with Crippen LogP contribution in [0.4, 0.5) is 4.39 Å². The van der Waals surface area contributed by atoms with Gasteiger partial charge in [0.1, 0.15) is 17.3 Å². The predicted octanol–water partition coefficient (Wildman–Crippen LogP) is 5.83. The molecular weight excluding hydrogens is 411 g/mol. The van der Waals surface area contributed by atoms with E-state index < -0.39 is 11.8 Å². The third kappa shape index (κ3) is 3.67. The number of aromatic amines is 1. The molecule has 0 bridgehead atoms. The van der Waals surface area contributed by atoms with Gasteiger partial charge in [0, 0.05) is 17.2 Å². The minimum Gasteiger partial charge on any atom is -0.497 e. The highest BCUT2D eigenvalue weighted by Crippen LogP contribution is 2.35. The maximum Gasteiger partial charge on any atom is 0.336 e. The van der Waals surface area contributed by atoms with Crippen molar-refractivity contribution in [3.05, 3.63) is 70.5 Å². The first kappa shape index (κ1) is 19.7. The maximum absolute atomic E-state index is 14.5. The van der Waals surface area contributed by atoms with E-state index in [0.29, 0.717) is 44.2 Å². The van der Waals surface area contributed by atoms with Crippen LogP contribution in [0.25, 0.3) is 22.2 Å². The van der Waals surface area contributed by atoms with Gasteiger partial charge in [0.2, 0.25) is 0 Å². The second-order valence-corrected chi connectivity index (χ2v) is 7.03. The minimum absolute atomic E-state index is 0.143. The summed E-state index contributed by atoms with van der Waals surface area (Å²) in [4.78, 5) is 18.7. The molecule has 0 amide bonds. The number of ether oxygens (including phenoxy) is 2. The van der Waals surface area contributed by atoms with Gasteiger partial charge in [-0.2, -0.15) is 4.98 Å². The third-order valence-corrected chi connectivity index (χ3v) is 4.98. The molecule has 0 atom stereocenters. The van der Waals surface area contributed by atoms with Crippen LogP contribution < -0.4 is 9.47 Å². The van der Waals surface area contributed by atoms with Crippen LogP contribution in [0.15, 0.2) is 48.5 Å². The molecule has 0 spiro atoms. The number of aromatic carboxylic acids is 1. The zero-order chi connectivity index (χ0) is 21.4. The smallest absolute Gasteiger partial charge is 0.336 e. The van der Waals surface area contributed by atoms with E-state index in [1.165, 1.54) is 19.2 Å². The summed E-state index contributed by atoms with van der Waals surface area (Å²) in [5, 5.41) is 9.60. The quantitative estimate of drug-likeness (QED) is 0.419. The summed E-state index contributed by atoms with van der Waals surface area (Å²) >= 11 is 6.37. The van der Waals surface area contributed by atoms with Crippen LogP contribution in [0.5, 0.6) is 17.5 Å². The summed E-state index contributed by atoms with van der Waals surface area (Å²) in [6.45, 7) is 1.70. The number of carbonyl (C=O) groups is 1. The number of benzene rings is 3. The van der Waals surface area contributed by atoms with E-state index in [9.17, 15) is 14.3 Å². The molecule has 4 aromatic rings. The molecule has 152 valence electrons. The van der Waals surface area contributed by atoms with Crippen molar-refractivity contribution in [1.82, 2.24) is 9.97 Å². The van der Waals surface area contributed by atoms with Crippen molar-refractivity contribution in [3.63, 3.8) is 0 Å². The second-order valence-electron chi connectivity index (χ2n) is 6.62. The van der Waals surface area contributed by atoms with Gasteiger partial charge < -0.3 is 19.6 Å². The lowest BCUT2D eigenvalue weighted by Gasteiger charge is -2.08. The monoisotopic (exact) mass is 426 g/mol. The van der Waals surface area contributed by atoms with Gasteiger partial charge in [0.15, 0.2) is 0 Å². The van der Waals surface area contributed by atoms with Crippen LogP contribution >= 0.6 is 11.6 Å². The van der Waals surface area contributed by atoms with Crippen molar-refractivity contribution in [1.29, 1.82) is 0 Å². The molecule has 0 aliphatic heterocycles. The van der Waals surface area contributed by atoms with Crippen LogP contribution in [0.1, 0.15) is 15.9 Å². The Morgan fingerprint density at radius 2 is 1.87 bits per heavy atom. The van der Waals surface area contributed by atoms with E-state index >= 15 is 0 Å². The van der Waals surface area contributed by atoms with E-state index in [-0.39, 0.29) is 11.6 Å². The fourth-order valence-corrected chi connectivity index (χ4v) is 3.38. The summed E-state index contributed by atoms with van der Waals surface area (Å²) in [5.41, 5.74) is 2.67. The number of nitrogens with zero attached hydrogens (tertiary/aromatic N) is 1. The molecule has 1 aromatic heterocycles. The number of hydrogen-bond donors (Lipinski definition) is 2. The molecule has 3 aromatic carbocycles. The standard InChI is InChI=1S/C22H16ClFN2O4/c1-11-3-4-13(7-15(11)21(27)28)30-22-25-19-9-16(17(23)10-20(19)26-22)14-6-5-12(29-2)8-18(14)24/h3-10H,1-2H3,(H,25,26)(H,27,28). The number of halogens is 2. The van der Waals surface area contributed by atoms with E-state index in [1.54, 1.807) is 43.3 Å². The molecule has 2 N–H and O–H groups in total. The van der Waals surface area contributed by atoms with Gasteiger partial charge >= 0.3 is 5.97 Å². The Kier molecular flexibility index (Phi) is 5.05. The van der Waals surface area contributed by atoms with E-state index in [4.69, 9.17) is 21.1 Å². The summed E-state index contributed by atoms with van der Waals surface area (Å²) in [5.74, 6) is -0.781. The molecule has 0 unspecified atom stereocenters. The Labute approximate surface area is 175 Å². The fraction of sp³-hybridized carbons (Fsp3) is 0.0909. The van der Waals surface area contributed by atoms with Crippen LogP contribution in [0.2, 0.25) is 5.02 Å². The lowest BCUT2D eigenvalue weighted by molar-refractivity contribution is 0.0695. The molecule has 0 fully saturated rings. The van der Waals surface area contributed by atoms with Crippen LogP contribution in [0, 0.1) is 12.7 Å². The Bertz CT molecular complexity index is 1290. The molecule has 6 nitrogen and oxygen atoms in total. The van der Waals surface area contributed by atoms with Crippen LogP contribution in [-0.4, -0.2) is 28.2 Å². The summed E-state index contributed by atoms with van der Waals surface area (Å²) in [7, 11) is 1.46. The molecule has 0 saturated heterocycles. The molecule has 1 heterocycles. The number of hydrogen-bond acceptors (Lipinski definition) is 4. The largest absolute Gasteiger partial charge is 0.497 e. The predicted molar refractivity (Wildman–Crippen MR) is 111 cm³/mol. The normalized spacial score (nSPS) is 10.9. The lowest BCUT2D eigenvalue weighted by atomic mass is 10.0. The van der Waals surface area contributed by atoms with Gasteiger partial charge in [-0.05, 0) is 48.9 Å². The van der Waals surface area contributed by atoms with Gasteiger partial charge in [-0.3, -0.25) is 0 Å². The molecule has 0 radical (unpaired) electrons. The first-order valence-electron chi connectivity index (χ1n) is 8.90. The van der Waals surface area contributed by atoms with E-state index in [2.05, 4.69) is 9.97 Å². The number of rotatable bonds is 5. The van der Waals surface area contributed by atoms with Crippen molar-refractivity contribution in [2.24, 2.45) is 0 Å². The average Bonchev–Trinajstić information content (AvgIpc) is 3.09. The third-order valence-electron chi connectivity index (χ3n) is 4.67. The van der Waals surface area contributed by atoms with E-state index in [1.807, 2.05) is 0 Å². The van der Waals surface area contributed by atoms with Gasteiger partial charge in [-0.25, -0.2) is 9.18 Å². The Balaban J connectivity index is 1.70. The highest BCUT2D eigenvalue weighted by atomic mass is 35.5. The van der Waals surface area contributed by atoms with Gasteiger partial charge in [-0.1, -0.05) is 17.7 Å². The Morgan fingerprint density at radius 3 is 2.57 bits per heavy atom. The number of aryl methyl sites for hydroxylation is 1. The lowest BCUT2D eigenvalue weighted by Crippen LogP contribution is -2.00. The molecular formula is C22H16ClFN2O4. The van der Waals surface area contributed by atoms with Crippen molar-refractivity contribution >= 4 is 28.6 Å². The van der Waals surface area contributed by atoms with Crippen LogP contribution in [-0.2, 0) is 0 Å².